The minimum atomic E-state index is -0.343. The van der Waals surface area contributed by atoms with Crippen LogP contribution in [0, 0.1) is 27.7 Å². The van der Waals surface area contributed by atoms with Crippen LogP contribution in [-0.4, -0.2) is 16.4 Å². The highest BCUT2D eigenvalue weighted by Crippen LogP contribution is 2.45. The predicted molar refractivity (Wildman–Crippen MR) is 239 cm³/mol. The van der Waals surface area contributed by atoms with Crippen LogP contribution >= 0.6 is 0 Å². The Bertz CT molecular complexity index is 2930. The average molecular weight is 749 g/mol. The third-order valence-corrected chi connectivity index (χ3v) is 11.4. The van der Waals surface area contributed by atoms with Crippen molar-refractivity contribution in [3.8, 4) is 50.2 Å². The number of aromatic nitrogens is 1. The van der Waals surface area contributed by atoms with Gasteiger partial charge in [0.05, 0.1) is 33.5 Å². The molecule has 0 spiro atoms. The van der Waals surface area contributed by atoms with Crippen molar-refractivity contribution in [1.29, 1.82) is 0 Å². The maximum absolute atomic E-state index is 15.3. The topological polar surface area (TPSA) is 42.3 Å². The standard InChI is InChI=1S/C54H40N2O2/c1-33-25-34(2)28-41(27-33)39-21-23-48-46(31-39)47-32-40(42-29-35(3)26-36(4)30-42)22-24-49(47)55(48)50-20-12-19-45-51(50)54(58)56(53(45)57)52-43(37-13-7-5-8-14-37)17-11-18-44(52)38-15-9-6-10-16-38/h5-32H,1-4H3. The van der Waals surface area contributed by atoms with Gasteiger partial charge in [0.2, 0.25) is 0 Å². The number of benzene rings is 8. The molecule has 9 aromatic rings. The van der Waals surface area contributed by atoms with Crippen LogP contribution in [0.4, 0.5) is 5.69 Å². The summed E-state index contributed by atoms with van der Waals surface area (Å²) in [5, 5.41) is 2.15. The van der Waals surface area contributed by atoms with Gasteiger partial charge < -0.3 is 4.57 Å². The summed E-state index contributed by atoms with van der Waals surface area (Å²) in [7, 11) is 0. The van der Waals surface area contributed by atoms with Crippen molar-refractivity contribution in [2.45, 2.75) is 27.7 Å². The quantitative estimate of drug-likeness (QED) is 0.159. The number of para-hydroxylation sites is 1. The Morgan fingerprint density at radius 1 is 0.362 bits per heavy atom. The molecule has 0 N–H and O–H groups in total. The van der Waals surface area contributed by atoms with Crippen LogP contribution in [0.3, 0.4) is 0 Å². The Morgan fingerprint density at radius 2 is 0.810 bits per heavy atom. The normalized spacial score (nSPS) is 12.5. The number of nitrogens with zero attached hydrogens (tertiary/aromatic N) is 2. The highest BCUT2D eigenvalue weighted by atomic mass is 16.2. The summed E-state index contributed by atoms with van der Waals surface area (Å²) in [6, 6.07) is 58.1. The van der Waals surface area contributed by atoms with Crippen molar-refractivity contribution in [3.63, 3.8) is 0 Å². The molecule has 0 fully saturated rings. The van der Waals surface area contributed by atoms with E-state index in [4.69, 9.17) is 0 Å². The zero-order valence-corrected chi connectivity index (χ0v) is 32.9. The minimum Gasteiger partial charge on any atom is -0.308 e. The van der Waals surface area contributed by atoms with Crippen molar-refractivity contribution >= 4 is 39.3 Å². The van der Waals surface area contributed by atoms with Crippen molar-refractivity contribution in [2.75, 3.05) is 4.90 Å². The van der Waals surface area contributed by atoms with Gasteiger partial charge in [-0.2, -0.15) is 0 Å². The number of imide groups is 1. The number of hydrogen-bond donors (Lipinski definition) is 0. The van der Waals surface area contributed by atoms with Crippen LogP contribution in [-0.2, 0) is 0 Å². The first-order chi connectivity index (χ1) is 28.2. The summed E-state index contributed by atoms with van der Waals surface area (Å²) in [5.74, 6) is -0.678. The molecule has 2 amide bonds. The van der Waals surface area contributed by atoms with E-state index in [-0.39, 0.29) is 11.8 Å². The molecule has 1 aliphatic rings. The third-order valence-electron chi connectivity index (χ3n) is 11.4. The third kappa shape index (κ3) is 5.76. The zero-order chi connectivity index (χ0) is 39.7. The molecule has 4 heteroatoms. The molecule has 0 saturated carbocycles. The molecule has 4 nitrogen and oxygen atoms in total. The van der Waals surface area contributed by atoms with Crippen LogP contribution in [0.5, 0.6) is 0 Å². The van der Waals surface area contributed by atoms with E-state index >= 15 is 4.79 Å². The molecule has 0 saturated heterocycles. The molecule has 0 radical (unpaired) electrons. The monoisotopic (exact) mass is 748 g/mol. The van der Waals surface area contributed by atoms with E-state index in [1.807, 2.05) is 91.0 Å². The highest BCUT2D eigenvalue weighted by Gasteiger charge is 2.41. The van der Waals surface area contributed by atoms with Crippen molar-refractivity contribution < 1.29 is 9.59 Å². The van der Waals surface area contributed by atoms with Gasteiger partial charge in [0, 0.05) is 21.9 Å². The second-order valence-corrected chi connectivity index (χ2v) is 15.6. The number of fused-ring (bicyclic) bond motifs is 4. The summed E-state index contributed by atoms with van der Waals surface area (Å²) < 4.78 is 2.18. The lowest BCUT2D eigenvalue weighted by Gasteiger charge is -2.23. The number of amides is 2. The van der Waals surface area contributed by atoms with Crippen LogP contribution in [0.1, 0.15) is 43.0 Å². The number of anilines is 1. The van der Waals surface area contributed by atoms with Gasteiger partial charge in [-0.05, 0) is 97.5 Å². The molecular weight excluding hydrogens is 709 g/mol. The molecule has 0 aliphatic carbocycles. The maximum Gasteiger partial charge on any atom is 0.268 e. The van der Waals surface area contributed by atoms with Crippen LogP contribution in [0.15, 0.2) is 170 Å². The lowest BCUT2D eigenvalue weighted by Crippen LogP contribution is -2.30. The largest absolute Gasteiger partial charge is 0.308 e. The lowest BCUT2D eigenvalue weighted by atomic mass is 9.95. The van der Waals surface area contributed by atoms with E-state index in [0.29, 0.717) is 22.5 Å². The maximum atomic E-state index is 15.3. The number of aryl methyl sites for hydroxylation is 4. The number of carbonyl (C=O) groups is 2. The molecule has 0 atom stereocenters. The Hall–Kier alpha value is -7.30. The van der Waals surface area contributed by atoms with Gasteiger partial charge in [0.25, 0.3) is 11.8 Å². The van der Waals surface area contributed by atoms with Gasteiger partial charge >= 0.3 is 0 Å². The Morgan fingerprint density at radius 3 is 1.29 bits per heavy atom. The fourth-order valence-corrected chi connectivity index (χ4v) is 9.07. The molecule has 1 aromatic heterocycles. The molecule has 2 heterocycles. The lowest BCUT2D eigenvalue weighted by molar-refractivity contribution is 0.0926. The van der Waals surface area contributed by atoms with E-state index in [9.17, 15) is 4.79 Å². The van der Waals surface area contributed by atoms with Crippen LogP contribution in [0.25, 0.3) is 72.0 Å². The van der Waals surface area contributed by atoms with Crippen LogP contribution in [0.2, 0.25) is 0 Å². The first kappa shape index (κ1) is 35.1. The number of carbonyl (C=O) groups excluding carboxylic acids is 2. The molecule has 0 unspecified atom stereocenters. The second kappa shape index (κ2) is 13.7. The highest BCUT2D eigenvalue weighted by molar-refractivity contribution is 6.37. The van der Waals surface area contributed by atoms with Gasteiger partial charge in [0.1, 0.15) is 0 Å². The second-order valence-electron chi connectivity index (χ2n) is 15.6. The minimum absolute atomic E-state index is 0.336. The van der Waals surface area contributed by atoms with Gasteiger partial charge in [-0.25, -0.2) is 4.90 Å². The zero-order valence-electron chi connectivity index (χ0n) is 32.9. The van der Waals surface area contributed by atoms with E-state index < -0.39 is 0 Å². The van der Waals surface area contributed by atoms with Crippen molar-refractivity contribution in [2.24, 2.45) is 0 Å². The Kier molecular flexibility index (Phi) is 8.31. The Labute approximate surface area is 338 Å². The summed E-state index contributed by atoms with van der Waals surface area (Å²) in [6.07, 6.45) is 0. The van der Waals surface area contributed by atoms with Gasteiger partial charge in [-0.15, -0.1) is 0 Å². The van der Waals surface area contributed by atoms with E-state index in [1.54, 1.807) is 6.07 Å². The number of hydrogen-bond acceptors (Lipinski definition) is 2. The van der Waals surface area contributed by atoms with E-state index in [0.717, 1.165) is 66.3 Å². The molecule has 8 aromatic carbocycles. The summed E-state index contributed by atoms with van der Waals surface area (Å²) in [6.45, 7) is 8.54. The van der Waals surface area contributed by atoms with Crippen molar-refractivity contribution in [1.82, 2.24) is 4.57 Å². The molecule has 58 heavy (non-hydrogen) atoms. The SMILES string of the molecule is Cc1cc(C)cc(-c2ccc3c(c2)c2cc(-c4cc(C)cc(C)c4)ccc2n3-c2cccc3c2C(=O)N(c2c(-c4ccccc4)cccc2-c2ccccc2)C3=O)c1. The first-order valence-corrected chi connectivity index (χ1v) is 19.7. The predicted octanol–water partition coefficient (Wildman–Crippen LogP) is 13.5. The summed E-state index contributed by atoms with van der Waals surface area (Å²) in [5.41, 5.74) is 16.9. The summed E-state index contributed by atoms with van der Waals surface area (Å²) >= 11 is 0. The average Bonchev–Trinajstić information content (AvgIpc) is 3.69. The number of rotatable bonds is 6. The van der Waals surface area contributed by atoms with Gasteiger partial charge in [0.15, 0.2) is 0 Å². The Balaban J connectivity index is 1.21. The molecule has 0 bridgehead atoms. The smallest absolute Gasteiger partial charge is 0.268 e. The van der Waals surface area contributed by atoms with E-state index in [2.05, 4.69) is 105 Å². The van der Waals surface area contributed by atoms with E-state index in [1.165, 1.54) is 27.2 Å². The fraction of sp³-hybridized carbons (Fsp3) is 0.0741. The molecule has 1 aliphatic heterocycles. The molecule has 10 rings (SSSR count). The van der Waals surface area contributed by atoms with Crippen LogP contribution < -0.4 is 4.90 Å². The molecule has 278 valence electrons. The first-order valence-electron chi connectivity index (χ1n) is 19.7. The van der Waals surface area contributed by atoms with Gasteiger partial charge in [-0.1, -0.05) is 156 Å². The fourth-order valence-electron chi connectivity index (χ4n) is 9.07. The van der Waals surface area contributed by atoms with Crippen molar-refractivity contribution in [3.05, 3.63) is 203 Å². The van der Waals surface area contributed by atoms with Gasteiger partial charge in [-0.3, -0.25) is 9.59 Å². The summed E-state index contributed by atoms with van der Waals surface area (Å²) in [4.78, 5) is 31.5. The molecular formula is C54H40N2O2.